The monoisotopic (exact) mass is 354 g/mol. The van der Waals surface area contributed by atoms with Crippen LogP contribution < -0.4 is 10.1 Å². The largest absolute Gasteiger partial charge is 0.481 e. The van der Waals surface area contributed by atoms with Gasteiger partial charge in [0.05, 0.1) is 6.54 Å². The zero-order chi connectivity index (χ0) is 19.1. The lowest BCUT2D eigenvalue weighted by Gasteiger charge is -2.23. The number of nitrogens with zero attached hydrogens (tertiary/aromatic N) is 1. The molecule has 2 amide bonds. The van der Waals surface area contributed by atoms with Crippen LogP contribution in [-0.4, -0.2) is 36.4 Å². The number of carbonyl (C=O) groups is 2. The van der Waals surface area contributed by atoms with E-state index in [1.165, 1.54) is 4.90 Å². The van der Waals surface area contributed by atoms with E-state index < -0.39 is 6.10 Å². The fourth-order valence-electron chi connectivity index (χ4n) is 2.57. The molecular formula is C21H26N2O3. The van der Waals surface area contributed by atoms with Crippen LogP contribution in [0.3, 0.4) is 0 Å². The van der Waals surface area contributed by atoms with Crippen LogP contribution in [0, 0.1) is 13.8 Å². The first-order valence-electron chi connectivity index (χ1n) is 8.74. The maximum Gasteiger partial charge on any atom is 0.263 e. The van der Waals surface area contributed by atoms with E-state index in [4.69, 9.17) is 4.74 Å². The lowest BCUT2D eigenvalue weighted by Crippen LogP contribution is -2.43. The van der Waals surface area contributed by atoms with E-state index in [2.05, 4.69) is 5.32 Å². The molecule has 1 atom stereocenters. The van der Waals surface area contributed by atoms with Crippen LogP contribution >= 0.6 is 0 Å². The first kappa shape index (κ1) is 19.5. The minimum absolute atomic E-state index is 0.0269. The molecule has 1 unspecified atom stereocenters. The second kappa shape index (κ2) is 9.04. The van der Waals surface area contributed by atoms with E-state index in [1.54, 1.807) is 7.05 Å². The molecule has 138 valence electrons. The average Bonchev–Trinajstić information content (AvgIpc) is 2.63. The number of amides is 2. The number of anilines is 1. The van der Waals surface area contributed by atoms with Crippen LogP contribution in [0.4, 0.5) is 5.69 Å². The fraction of sp³-hybridized carbons (Fsp3) is 0.333. The first-order valence-corrected chi connectivity index (χ1v) is 8.74. The van der Waals surface area contributed by atoms with Crippen molar-refractivity contribution in [1.82, 2.24) is 4.90 Å². The van der Waals surface area contributed by atoms with Crippen LogP contribution in [0.1, 0.15) is 24.5 Å². The van der Waals surface area contributed by atoms with Gasteiger partial charge < -0.3 is 15.0 Å². The third-order valence-electron chi connectivity index (χ3n) is 4.09. The van der Waals surface area contributed by atoms with Crippen molar-refractivity contribution in [2.24, 2.45) is 0 Å². The molecule has 2 aromatic carbocycles. The van der Waals surface area contributed by atoms with Crippen molar-refractivity contribution in [2.45, 2.75) is 33.3 Å². The van der Waals surface area contributed by atoms with Gasteiger partial charge in [-0.3, -0.25) is 9.59 Å². The Morgan fingerprint density at radius 1 is 1.12 bits per heavy atom. The number of nitrogens with one attached hydrogen (secondary N) is 1. The highest BCUT2D eigenvalue weighted by atomic mass is 16.5. The third kappa shape index (κ3) is 5.34. The number of aryl methyl sites for hydroxylation is 2. The summed E-state index contributed by atoms with van der Waals surface area (Å²) < 4.78 is 5.76. The highest BCUT2D eigenvalue weighted by molar-refractivity contribution is 5.95. The van der Waals surface area contributed by atoms with E-state index in [0.717, 1.165) is 16.8 Å². The predicted octanol–water partition coefficient (Wildman–Crippen LogP) is 3.56. The number of benzene rings is 2. The van der Waals surface area contributed by atoms with Gasteiger partial charge >= 0.3 is 0 Å². The van der Waals surface area contributed by atoms with Gasteiger partial charge in [-0.25, -0.2) is 0 Å². The normalized spacial score (nSPS) is 11.5. The quantitative estimate of drug-likeness (QED) is 0.827. The third-order valence-corrected chi connectivity index (χ3v) is 4.09. The fourth-order valence-corrected chi connectivity index (χ4v) is 2.57. The molecule has 2 rings (SSSR count). The van der Waals surface area contributed by atoms with Crippen LogP contribution in [0.25, 0.3) is 0 Å². The first-order chi connectivity index (χ1) is 12.4. The molecule has 0 spiro atoms. The zero-order valence-electron chi connectivity index (χ0n) is 15.8. The lowest BCUT2D eigenvalue weighted by atomic mass is 10.1. The van der Waals surface area contributed by atoms with Gasteiger partial charge in [-0.05, 0) is 49.6 Å². The van der Waals surface area contributed by atoms with E-state index in [0.29, 0.717) is 12.2 Å². The van der Waals surface area contributed by atoms with E-state index >= 15 is 0 Å². The summed E-state index contributed by atoms with van der Waals surface area (Å²) in [6.45, 7) is 5.76. The van der Waals surface area contributed by atoms with Gasteiger partial charge in [0.1, 0.15) is 5.75 Å². The van der Waals surface area contributed by atoms with Crippen molar-refractivity contribution in [3.63, 3.8) is 0 Å². The lowest BCUT2D eigenvalue weighted by molar-refractivity contribution is -0.139. The molecule has 0 aliphatic heterocycles. The molecule has 1 N–H and O–H groups in total. The van der Waals surface area contributed by atoms with Crippen LogP contribution in [0.5, 0.6) is 5.75 Å². The number of para-hydroxylation sites is 1. The van der Waals surface area contributed by atoms with Gasteiger partial charge in [-0.1, -0.05) is 37.3 Å². The Balaban J connectivity index is 1.96. The van der Waals surface area contributed by atoms with Crippen LogP contribution in [0.15, 0.2) is 48.5 Å². The summed E-state index contributed by atoms with van der Waals surface area (Å²) in [5, 5.41) is 2.87. The summed E-state index contributed by atoms with van der Waals surface area (Å²) in [4.78, 5) is 26.3. The van der Waals surface area contributed by atoms with E-state index in [-0.39, 0.29) is 18.4 Å². The van der Waals surface area contributed by atoms with E-state index in [9.17, 15) is 9.59 Å². The average molecular weight is 354 g/mol. The SMILES string of the molecule is CCC(Oc1ccccc1)C(=O)N(C)CC(=O)Nc1cc(C)ccc1C. The molecule has 2 aromatic rings. The van der Waals surface area contributed by atoms with Gasteiger partial charge in [0.2, 0.25) is 5.91 Å². The predicted molar refractivity (Wildman–Crippen MR) is 103 cm³/mol. The Hall–Kier alpha value is -2.82. The molecule has 26 heavy (non-hydrogen) atoms. The standard InChI is InChI=1S/C21H26N2O3/c1-5-19(26-17-9-7-6-8-10-17)21(25)23(4)14-20(24)22-18-13-15(2)11-12-16(18)3/h6-13,19H,5,14H2,1-4H3,(H,22,24). The molecule has 0 aliphatic rings. The van der Waals surface area contributed by atoms with Crippen molar-refractivity contribution in [2.75, 3.05) is 18.9 Å². The van der Waals surface area contributed by atoms with Crippen molar-refractivity contribution in [3.05, 3.63) is 59.7 Å². The summed E-state index contributed by atoms with van der Waals surface area (Å²) in [6.07, 6.45) is -0.0904. The number of carbonyl (C=O) groups excluding carboxylic acids is 2. The maximum atomic E-state index is 12.6. The Kier molecular flexibility index (Phi) is 6.78. The summed E-state index contributed by atoms with van der Waals surface area (Å²) in [5.74, 6) is 0.192. The second-order valence-electron chi connectivity index (χ2n) is 6.39. The molecule has 0 aliphatic carbocycles. The van der Waals surface area contributed by atoms with Crippen LogP contribution in [0.2, 0.25) is 0 Å². The summed E-state index contributed by atoms with van der Waals surface area (Å²) in [7, 11) is 1.61. The Bertz CT molecular complexity index is 759. The molecule has 0 radical (unpaired) electrons. The molecule has 0 saturated carbocycles. The van der Waals surface area contributed by atoms with Crippen molar-refractivity contribution in [3.8, 4) is 5.75 Å². The Morgan fingerprint density at radius 3 is 2.46 bits per heavy atom. The van der Waals surface area contributed by atoms with Crippen molar-refractivity contribution < 1.29 is 14.3 Å². The number of hydrogen-bond acceptors (Lipinski definition) is 3. The van der Waals surface area contributed by atoms with Gasteiger partial charge in [0.15, 0.2) is 6.10 Å². The zero-order valence-corrected chi connectivity index (χ0v) is 15.8. The van der Waals surface area contributed by atoms with Gasteiger partial charge in [0.25, 0.3) is 5.91 Å². The number of rotatable bonds is 7. The molecule has 0 heterocycles. The topological polar surface area (TPSA) is 58.6 Å². The number of hydrogen-bond donors (Lipinski definition) is 1. The molecule has 5 heteroatoms. The smallest absolute Gasteiger partial charge is 0.263 e. The summed E-state index contributed by atoms with van der Waals surface area (Å²) >= 11 is 0. The van der Waals surface area contributed by atoms with Crippen molar-refractivity contribution >= 4 is 17.5 Å². The molecular weight excluding hydrogens is 328 g/mol. The van der Waals surface area contributed by atoms with Gasteiger partial charge in [0, 0.05) is 12.7 Å². The second-order valence-corrected chi connectivity index (χ2v) is 6.39. The molecule has 0 aromatic heterocycles. The van der Waals surface area contributed by atoms with Gasteiger partial charge in [-0.15, -0.1) is 0 Å². The van der Waals surface area contributed by atoms with Crippen LogP contribution in [-0.2, 0) is 9.59 Å². The number of likely N-dealkylation sites (N-methyl/N-ethyl adjacent to an activating group) is 1. The molecule has 0 bridgehead atoms. The van der Waals surface area contributed by atoms with Gasteiger partial charge in [-0.2, -0.15) is 0 Å². The highest BCUT2D eigenvalue weighted by Gasteiger charge is 2.23. The Labute approximate surface area is 155 Å². The van der Waals surface area contributed by atoms with Crippen molar-refractivity contribution in [1.29, 1.82) is 0 Å². The highest BCUT2D eigenvalue weighted by Crippen LogP contribution is 2.17. The summed E-state index contributed by atoms with van der Waals surface area (Å²) in [5.41, 5.74) is 2.82. The molecule has 0 fully saturated rings. The molecule has 0 saturated heterocycles. The molecule has 5 nitrogen and oxygen atoms in total. The van der Waals surface area contributed by atoms with E-state index in [1.807, 2.05) is 69.3 Å². The minimum Gasteiger partial charge on any atom is -0.481 e. The number of ether oxygens (including phenoxy) is 1. The maximum absolute atomic E-state index is 12.6. The Morgan fingerprint density at radius 2 is 1.81 bits per heavy atom. The minimum atomic E-state index is -0.615. The summed E-state index contributed by atoms with van der Waals surface area (Å²) in [6, 6.07) is 15.1.